The molecule has 1 heteroatoms. The summed E-state index contributed by atoms with van der Waals surface area (Å²) < 4.78 is 0. The molecule has 0 amide bonds. The molecule has 0 saturated heterocycles. The first-order chi connectivity index (χ1) is 7.13. The van der Waals surface area contributed by atoms with Crippen molar-refractivity contribution in [2.75, 3.05) is 0 Å². The van der Waals surface area contributed by atoms with E-state index in [9.17, 15) is 4.79 Å². The zero-order chi connectivity index (χ0) is 12.0. The molecule has 1 nitrogen and oxygen atoms in total. The van der Waals surface area contributed by atoms with Gasteiger partial charge in [0.2, 0.25) is 0 Å². The van der Waals surface area contributed by atoms with Gasteiger partial charge in [-0.05, 0) is 42.4 Å². The smallest absolute Gasteiger partial charge is 0.144 e. The van der Waals surface area contributed by atoms with E-state index in [0.717, 1.165) is 0 Å². The van der Waals surface area contributed by atoms with E-state index in [4.69, 9.17) is 0 Å². The van der Waals surface area contributed by atoms with Crippen LogP contribution in [0.15, 0.2) is 0 Å². The second kappa shape index (κ2) is 2.42. The maximum atomic E-state index is 12.8. The van der Waals surface area contributed by atoms with Crippen molar-refractivity contribution in [3.05, 3.63) is 0 Å². The van der Waals surface area contributed by atoms with Crippen LogP contribution in [0.25, 0.3) is 0 Å². The Bertz CT molecular complexity index is 355. The molecule has 0 aromatic carbocycles. The van der Waals surface area contributed by atoms with Crippen LogP contribution < -0.4 is 0 Å². The third-order valence-corrected chi connectivity index (χ3v) is 6.18. The Morgan fingerprint density at radius 2 is 1.50 bits per heavy atom. The lowest BCUT2D eigenvalue weighted by molar-refractivity contribution is -0.137. The molecule has 4 saturated carbocycles. The SMILES string of the molecule is CC(C)(C)C(=O)C12CC3(C)CC1CC3(C)C2. The van der Waals surface area contributed by atoms with Crippen molar-refractivity contribution in [3.8, 4) is 0 Å². The number of hydrogen-bond acceptors (Lipinski definition) is 1. The Labute approximate surface area is 99.0 Å². The Balaban J connectivity index is 2.04. The summed E-state index contributed by atoms with van der Waals surface area (Å²) in [5, 5.41) is 0. The number of carbonyl (C=O) groups is 1. The summed E-state index contributed by atoms with van der Waals surface area (Å²) in [6.07, 6.45) is 4.98. The Kier molecular flexibility index (Phi) is 1.63. The van der Waals surface area contributed by atoms with E-state index >= 15 is 0 Å². The Hall–Kier alpha value is -0.330. The van der Waals surface area contributed by atoms with E-state index in [1.165, 1.54) is 25.7 Å². The minimum Gasteiger partial charge on any atom is -0.298 e. The average Bonchev–Trinajstić information content (AvgIpc) is 2.64. The molecule has 4 aliphatic carbocycles. The standard InChI is InChI=1S/C15H24O/c1-12(2,3)11(16)15-8-13(4)6-10(15)7-14(13,5)9-15/h10H,6-9H2,1-5H3. The van der Waals surface area contributed by atoms with Crippen molar-refractivity contribution in [2.24, 2.45) is 27.6 Å². The molecule has 16 heavy (non-hydrogen) atoms. The van der Waals surface area contributed by atoms with Crippen LogP contribution >= 0.6 is 0 Å². The first-order valence-corrected chi connectivity index (χ1v) is 6.68. The van der Waals surface area contributed by atoms with Crippen LogP contribution in [0.5, 0.6) is 0 Å². The third kappa shape index (κ3) is 0.926. The maximum Gasteiger partial charge on any atom is 0.144 e. The average molecular weight is 220 g/mol. The van der Waals surface area contributed by atoms with Crippen LogP contribution in [-0.4, -0.2) is 5.78 Å². The molecular weight excluding hydrogens is 196 g/mol. The minimum absolute atomic E-state index is 0.0712. The molecule has 4 fully saturated rings. The number of ketones is 1. The van der Waals surface area contributed by atoms with E-state index in [-0.39, 0.29) is 10.8 Å². The highest BCUT2D eigenvalue weighted by molar-refractivity contribution is 5.91. The Morgan fingerprint density at radius 1 is 1.06 bits per heavy atom. The zero-order valence-corrected chi connectivity index (χ0v) is 11.3. The number of hydrogen-bond donors (Lipinski definition) is 0. The van der Waals surface area contributed by atoms with Gasteiger partial charge in [-0.25, -0.2) is 0 Å². The van der Waals surface area contributed by atoms with Gasteiger partial charge in [0.15, 0.2) is 0 Å². The van der Waals surface area contributed by atoms with Gasteiger partial charge in [0.25, 0.3) is 0 Å². The summed E-state index contributed by atoms with van der Waals surface area (Å²) in [5.41, 5.74) is 0.859. The molecule has 0 spiro atoms. The molecule has 0 aromatic heterocycles. The summed E-state index contributed by atoms with van der Waals surface area (Å²) in [6.45, 7) is 11.1. The van der Waals surface area contributed by atoms with Crippen LogP contribution in [0.2, 0.25) is 0 Å². The topological polar surface area (TPSA) is 17.1 Å². The predicted octanol–water partition coefficient (Wildman–Crippen LogP) is 3.82. The zero-order valence-electron chi connectivity index (χ0n) is 11.3. The van der Waals surface area contributed by atoms with Crippen molar-refractivity contribution in [1.29, 1.82) is 0 Å². The van der Waals surface area contributed by atoms with Gasteiger partial charge < -0.3 is 0 Å². The first-order valence-electron chi connectivity index (χ1n) is 6.68. The Morgan fingerprint density at radius 3 is 1.75 bits per heavy atom. The highest BCUT2D eigenvalue weighted by Gasteiger charge is 2.76. The summed E-state index contributed by atoms with van der Waals surface area (Å²) >= 11 is 0. The van der Waals surface area contributed by atoms with Crippen LogP contribution in [0, 0.1) is 27.6 Å². The van der Waals surface area contributed by atoms with Crippen molar-refractivity contribution >= 4 is 5.78 Å². The molecule has 0 N–H and O–H groups in total. The molecule has 0 aromatic rings. The molecule has 0 aliphatic heterocycles. The maximum absolute atomic E-state index is 12.8. The fourth-order valence-corrected chi connectivity index (χ4v) is 5.45. The van der Waals surface area contributed by atoms with Gasteiger partial charge in [-0.1, -0.05) is 34.6 Å². The van der Waals surface area contributed by atoms with Gasteiger partial charge in [0, 0.05) is 10.8 Å². The van der Waals surface area contributed by atoms with E-state index in [1.54, 1.807) is 0 Å². The molecule has 2 unspecified atom stereocenters. The van der Waals surface area contributed by atoms with Gasteiger partial charge in [-0.15, -0.1) is 0 Å². The summed E-state index contributed by atoms with van der Waals surface area (Å²) in [7, 11) is 0. The van der Waals surface area contributed by atoms with Gasteiger partial charge in [-0.3, -0.25) is 4.79 Å². The van der Waals surface area contributed by atoms with Crippen LogP contribution in [-0.2, 0) is 4.79 Å². The highest BCUT2D eigenvalue weighted by Crippen LogP contribution is 2.82. The van der Waals surface area contributed by atoms with Crippen molar-refractivity contribution in [2.45, 2.75) is 60.3 Å². The van der Waals surface area contributed by atoms with Crippen molar-refractivity contribution < 1.29 is 4.79 Å². The quantitative estimate of drug-likeness (QED) is 0.656. The summed E-state index contributed by atoms with van der Waals surface area (Å²) in [4.78, 5) is 12.8. The number of Topliss-reactive ketones (excluding diaryl/α,β-unsaturated/α-hetero) is 1. The fraction of sp³-hybridized carbons (Fsp3) is 0.933. The molecular formula is C15H24O. The molecule has 4 rings (SSSR count). The molecule has 0 radical (unpaired) electrons. The lowest BCUT2D eigenvalue weighted by Gasteiger charge is -2.33. The van der Waals surface area contributed by atoms with Gasteiger partial charge in [0.05, 0.1) is 0 Å². The largest absolute Gasteiger partial charge is 0.298 e. The molecule has 4 bridgehead atoms. The van der Waals surface area contributed by atoms with Crippen LogP contribution in [0.1, 0.15) is 60.3 Å². The van der Waals surface area contributed by atoms with E-state index in [2.05, 4.69) is 34.6 Å². The van der Waals surface area contributed by atoms with Gasteiger partial charge in [-0.2, -0.15) is 0 Å². The van der Waals surface area contributed by atoms with Gasteiger partial charge >= 0.3 is 0 Å². The minimum atomic E-state index is -0.154. The lowest BCUT2D eigenvalue weighted by atomic mass is 9.68. The predicted molar refractivity (Wildman–Crippen MR) is 65.1 cm³/mol. The van der Waals surface area contributed by atoms with E-state index in [0.29, 0.717) is 22.5 Å². The third-order valence-electron chi connectivity index (χ3n) is 6.18. The molecule has 90 valence electrons. The van der Waals surface area contributed by atoms with Crippen LogP contribution in [0.4, 0.5) is 0 Å². The number of carbonyl (C=O) groups excluding carboxylic acids is 1. The van der Waals surface area contributed by atoms with Crippen molar-refractivity contribution in [1.82, 2.24) is 0 Å². The van der Waals surface area contributed by atoms with Crippen molar-refractivity contribution in [3.63, 3.8) is 0 Å². The van der Waals surface area contributed by atoms with E-state index in [1.807, 2.05) is 0 Å². The second-order valence-electron chi connectivity index (χ2n) is 8.32. The van der Waals surface area contributed by atoms with E-state index < -0.39 is 0 Å². The normalized spacial score (nSPS) is 53.9. The second-order valence-corrected chi connectivity index (χ2v) is 8.32. The molecule has 0 heterocycles. The number of rotatable bonds is 1. The van der Waals surface area contributed by atoms with Gasteiger partial charge in [0.1, 0.15) is 5.78 Å². The summed E-state index contributed by atoms with van der Waals surface area (Å²) in [6, 6.07) is 0. The lowest BCUT2D eigenvalue weighted by Crippen LogP contribution is -2.39. The highest BCUT2D eigenvalue weighted by atomic mass is 16.1. The van der Waals surface area contributed by atoms with Crippen LogP contribution in [0.3, 0.4) is 0 Å². The monoisotopic (exact) mass is 220 g/mol. The first kappa shape index (κ1) is 10.8. The molecule has 2 atom stereocenters. The fourth-order valence-electron chi connectivity index (χ4n) is 5.45. The summed E-state index contributed by atoms with van der Waals surface area (Å²) in [5.74, 6) is 1.25. The molecule has 4 aliphatic rings.